The van der Waals surface area contributed by atoms with Gasteiger partial charge in [-0.3, -0.25) is 9.59 Å². The summed E-state index contributed by atoms with van der Waals surface area (Å²) in [6.07, 6.45) is 55.3. The molecule has 0 spiro atoms. The second-order valence-corrected chi connectivity index (χ2v) is 18.1. The van der Waals surface area contributed by atoms with Crippen molar-refractivity contribution >= 4 is 17.9 Å². The third-order valence-corrected chi connectivity index (χ3v) is 10.7. The van der Waals surface area contributed by atoms with Gasteiger partial charge in [-0.1, -0.05) is 177 Å². The van der Waals surface area contributed by atoms with E-state index in [2.05, 4.69) is 86.8 Å². The van der Waals surface area contributed by atoms with Crippen LogP contribution in [0.25, 0.3) is 0 Å². The molecule has 2 atom stereocenters. The largest absolute Gasteiger partial charge is 0.477 e. The molecule has 0 rings (SSSR count). The van der Waals surface area contributed by atoms with Gasteiger partial charge in [0, 0.05) is 12.8 Å². The summed E-state index contributed by atoms with van der Waals surface area (Å²) < 4.78 is 22.8. The van der Waals surface area contributed by atoms with E-state index < -0.39 is 24.3 Å². The van der Waals surface area contributed by atoms with E-state index in [0.717, 1.165) is 96.3 Å². The summed E-state index contributed by atoms with van der Waals surface area (Å²) in [5.74, 6) is -2.04. The first-order valence-electron chi connectivity index (χ1n) is 25.6. The van der Waals surface area contributed by atoms with E-state index in [0.29, 0.717) is 17.4 Å². The molecule has 0 radical (unpaired) electrons. The van der Waals surface area contributed by atoms with Crippen LogP contribution in [-0.4, -0.2) is 87.4 Å². The van der Waals surface area contributed by atoms with Gasteiger partial charge in [0.2, 0.25) is 0 Å². The SMILES string of the molecule is CC/C=C\C/C=C\C/C=C\C/C=C\C/C=C\CCCCCCCCCC(=O)OC(COC(=O)CCCCCCC/C=C\CCCCCCCCC)COC(OCC[N+](C)(C)C)C(=O)O. The first-order chi connectivity index (χ1) is 31.1. The highest BCUT2D eigenvalue weighted by atomic mass is 16.7. The number of allylic oxidation sites excluding steroid dienone is 12. The van der Waals surface area contributed by atoms with Crippen LogP contribution in [0.4, 0.5) is 0 Å². The highest BCUT2D eigenvalue weighted by Gasteiger charge is 2.25. The van der Waals surface area contributed by atoms with Gasteiger partial charge in [-0.05, 0) is 83.5 Å². The number of hydrogen-bond donors (Lipinski definition) is 1. The van der Waals surface area contributed by atoms with E-state index >= 15 is 0 Å². The number of rotatable bonds is 46. The van der Waals surface area contributed by atoms with E-state index in [1.165, 1.54) is 70.6 Å². The molecule has 0 saturated heterocycles. The maximum Gasteiger partial charge on any atom is 0.361 e. The molecule has 0 heterocycles. The van der Waals surface area contributed by atoms with Crippen LogP contribution in [-0.2, 0) is 33.3 Å². The third-order valence-electron chi connectivity index (χ3n) is 10.7. The molecule has 9 nitrogen and oxygen atoms in total. The minimum atomic E-state index is -1.52. The highest BCUT2D eigenvalue weighted by molar-refractivity contribution is 5.71. The standard InChI is InChI=1S/C55H95NO8/c1-6-8-10-12-14-16-18-20-22-24-25-26-27-28-29-30-32-34-36-38-40-42-44-46-53(58)64-51(50-63-55(54(59)60)61-48-47-56(3,4)5)49-62-52(57)45-43-41-39-37-35-33-31-23-21-19-17-15-13-11-9-7-2/h8,10,14,16,20,22-23,25-26,28-29,31,51,55H,6-7,9,11-13,15,17-19,21,24,27,30,32-50H2,1-5H3/p+1/b10-8-,16-14-,22-20-,26-25-,29-28-,31-23-. The Hall–Kier alpha value is -3.27. The van der Waals surface area contributed by atoms with Gasteiger partial charge in [0.25, 0.3) is 6.29 Å². The molecule has 0 aliphatic heterocycles. The number of aliphatic carboxylic acids is 1. The van der Waals surface area contributed by atoms with Crippen molar-refractivity contribution in [2.24, 2.45) is 0 Å². The van der Waals surface area contributed by atoms with Crippen LogP contribution in [0.1, 0.15) is 200 Å². The zero-order valence-electron chi connectivity index (χ0n) is 41.7. The number of carbonyl (C=O) groups excluding carboxylic acids is 2. The maximum atomic E-state index is 12.8. The Morgan fingerprint density at radius 2 is 0.891 bits per heavy atom. The Morgan fingerprint density at radius 3 is 1.34 bits per heavy atom. The Bertz CT molecular complexity index is 1280. The predicted octanol–water partition coefficient (Wildman–Crippen LogP) is 14.3. The fourth-order valence-electron chi connectivity index (χ4n) is 6.74. The van der Waals surface area contributed by atoms with Crippen LogP contribution in [0.5, 0.6) is 0 Å². The number of esters is 2. The van der Waals surface area contributed by atoms with Crippen molar-refractivity contribution in [3.63, 3.8) is 0 Å². The number of quaternary nitrogens is 1. The van der Waals surface area contributed by atoms with Crippen molar-refractivity contribution in [3.05, 3.63) is 72.9 Å². The fraction of sp³-hybridized carbons (Fsp3) is 0.727. The van der Waals surface area contributed by atoms with Crippen molar-refractivity contribution < 1.29 is 42.9 Å². The third kappa shape index (κ3) is 46.7. The van der Waals surface area contributed by atoms with Crippen molar-refractivity contribution in [1.29, 1.82) is 0 Å². The van der Waals surface area contributed by atoms with Crippen molar-refractivity contribution in [2.75, 3.05) is 47.5 Å². The summed E-state index contributed by atoms with van der Waals surface area (Å²) in [6.45, 7) is 4.73. The van der Waals surface area contributed by atoms with Gasteiger partial charge < -0.3 is 28.5 Å². The van der Waals surface area contributed by atoms with E-state index in [1.54, 1.807) is 0 Å². The lowest BCUT2D eigenvalue weighted by atomic mass is 10.1. The summed E-state index contributed by atoms with van der Waals surface area (Å²) >= 11 is 0. The Kier molecular flexibility index (Phi) is 43.9. The summed E-state index contributed by atoms with van der Waals surface area (Å²) in [4.78, 5) is 37.3. The molecule has 2 unspecified atom stereocenters. The van der Waals surface area contributed by atoms with E-state index in [1.807, 2.05) is 21.1 Å². The predicted molar refractivity (Wildman–Crippen MR) is 267 cm³/mol. The molecule has 1 N–H and O–H groups in total. The summed E-state index contributed by atoms with van der Waals surface area (Å²) in [7, 11) is 5.95. The molecule has 0 aromatic carbocycles. The molecule has 0 aliphatic carbocycles. The molecule has 0 bridgehead atoms. The maximum absolute atomic E-state index is 12.8. The summed E-state index contributed by atoms with van der Waals surface area (Å²) in [5.41, 5.74) is 0. The molecule has 0 aromatic rings. The monoisotopic (exact) mass is 899 g/mol. The molecule has 368 valence electrons. The number of ether oxygens (including phenoxy) is 4. The first kappa shape index (κ1) is 60.7. The molecular weight excluding hydrogens is 803 g/mol. The van der Waals surface area contributed by atoms with Crippen LogP contribution >= 0.6 is 0 Å². The molecule has 64 heavy (non-hydrogen) atoms. The lowest BCUT2D eigenvalue weighted by Crippen LogP contribution is -2.40. The van der Waals surface area contributed by atoms with Crippen molar-refractivity contribution in [1.82, 2.24) is 0 Å². The number of carbonyl (C=O) groups is 3. The summed E-state index contributed by atoms with van der Waals surface area (Å²) in [6, 6.07) is 0. The lowest BCUT2D eigenvalue weighted by molar-refractivity contribution is -0.870. The van der Waals surface area contributed by atoms with Gasteiger partial charge >= 0.3 is 17.9 Å². The molecule has 0 saturated carbocycles. The van der Waals surface area contributed by atoms with E-state index in [4.69, 9.17) is 18.9 Å². The van der Waals surface area contributed by atoms with Crippen LogP contribution in [0.3, 0.4) is 0 Å². The van der Waals surface area contributed by atoms with Crippen LogP contribution in [0, 0.1) is 0 Å². The van der Waals surface area contributed by atoms with Crippen LogP contribution in [0.15, 0.2) is 72.9 Å². The van der Waals surface area contributed by atoms with Crippen LogP contribution in [0.2, 0.25) is 0 Å². The topological polar surface area (TPSA) is 108 Å². The van der Waals surface area contributed by atoms with E-state index in [9.17, 15) is 19.5 Å². The van der Waals surface area contributed by atoms with Gasteiger partial charge in [-0.2, -0.15) is 0 Å². The molecule has 0 aliphatic rings. The number of unbranched alkanes of at least 4 members (excludes halogenated alkanes) is 19. The van der Waals surface area contributed by atoms with Crippen molar-refractivity contribution in [3.8, 4) is 0 Å². The van der Waals surface area contributed by atoms with Gasteiger partial charge in [-0.25, -0.2) is 4.79 Å². The molecule has 9 heteroatoms. The second kappa shape index (κ2) is 46.3. The van der Waals surface area contributed by atoms with Crippen molar-refractivity contribution in [2.45, 2.75) is 212 Å². The second-order valence-electron chi connectivity index (χ2n) is 18.1. The van der Waals surface area contributed by atoms with Gasteiger partial charge in [-0.15, -0.1) is 0 Å². The average Bonchev–Trinajstić information content (AvgIpc) is 3.26. The highest BCUT2D eigenvalue weighted by Crippen LogP contribution is 2.14. The molecular formula is C55H96NO8+. The number of nitrogens with zero attached hydrogens (tertiary/aromatic N) is 1. The minimum absolute atomic E-state index is 0.181. The Balaban J connectivity index is 4.39. The minimum Gasteiger partial charge on any atom is -0.477 e. The fourth-order valence-corrected chi connectivity index (χ4v) is 6.74. The Morgan fingerprint density at radius 1 is 0.484 bits per heavy atom. The smallest absolute Gasteiger partial charge is 0.361 e. The number of carboxylic acids is 1. The first-order valence-corrected chi connectivity index (χ1v) is 25.6. The summed E-state index contributed by atoms with van der Waals surface area (Å²) in [5, 5.41) is 9.67. The van der Waals surface area contributed by atoms with Gasteiger partial charge in [0.05, 0.1) is 34.4 Å². The zero-order valence-corrected chi connectivity index (χ0v) is 41.7. The molecule has 0 fully saturated rings. The number of hydrogen-bond acceptors (Lipinski definition) is 7. The van der Waals surface area contributed by atoms with Crippen LogP contribution < -0.4 is 0 Å². The normalized spacial score (nSPS) is 13.5. The lowest BCUT2D eigenvalue weighted by Gasteiger charge is -2.25. The van der Waals surface area contributed by atoms with Gasteiger partial charge in [0.15, 0.2) is 6.10 Å². The number of likely N-dealkylation sites (N-methyl/N-ethyl adjacent to an activating group) is 1. The van der Waals surface area contributed by atoms with Gasteiger partial charge in [0.1, 0.15) is 13.2 Å². The number of carboxylic acid groups (broad SMARTS) is 1. The molecule has 0 aromatic heterocycles. The zero-order chi connectivity index (χ0) is 47.0. The van der Waals surface area contributed by atoms with E-state index in [-0.39, 0.29) is 38.6 Å². The molecule has 0 amide bonds. The Labute approximate surface area is 392 Å². The average molecular weight is 899 g/mol. The quantitative estimate of drug-likeness (QED) is 0.0212.